The zero-order chi connectivity index (χ0) is 23.9. The van der Waals surface area contributed by atoms with E-state index in [0.717, 1.165) is 17.1 Å². The summed E-state index contributed by atoms with van der Waals surface area (Å²) in [5.74, 6) is 0. The van der Waals surface area contributed by atoms with Crippen LogP contribution in [0.5, 0.6) is 0 Å². The number of halogens is 1. The quantitative estimate of drug-likeness (QED) is 0.323. The van der Waals surface area contributed by atoms with Gasteiger partial charge in [0.1, 0.15) is 0 Å². The van der Waals surface area contributed by atoms with E-state index in [1.54, 1.807) is 22.5 Å². The summed E-state index contributed by atoms with van der Waals surface area (Å²) < 4.78 is 30.3. The number of para-hydroxylation sites is 1. The lowest BCUT2D eigenvalue weighted by atomic mass is 9.97. The minimum atomic E-state index is -3.51. The smallest absolute Gasteiger partial charge is 0.243 e. The molecule has 34 heavy (non-hydrogen) atoms. The summed E-state index contributed by atoms with van der Waals surface area (Å²) in [6, 6.07) is 23.5. The van der Waals surface area contributed by atoms with E-state index < -0.39 is 10.0 Å². The molecule has 6 heteroatoms. The highest BCUT2D eigenvalue weighted by Crippen LogP contribution is 2.36. The molecule has 0 unspecified atom stereocenters. The fourth-order valence-electron chi connectivity index (χ4n) is 4.83. The molecule has 5 rings (SSSR count). The topological polar surface area (TPSA) is 42.3 Å². The van der Waals surface area contributed by atoms with E-state index >= 15 is 0 Å². The van der Waals surface area contributed by atoms with Crippen molar-refractivity contribution in [1.82, 2.24) is 8.87 Å². The fraction of sp³-hybridized carbons (Fsp3) is 0.214. The fourth-order valence-corrected chi connectivity index (χ4v) is 6.45. The molecular weight excluding hydrogens is 464 g/mol. The first-order valence-electron chi connectivity index (χ1n) is 11.4. The molecule has 0 spiro atoms. The molecule has 1 aromatic heterocycles. The summed E-state index contributed by atoms with van der Waals surface area (Å²) >= 11 is 6.08. The van der Waals surface area contributed by atoms with Gasteiger partial charge in [0.15, 0.2) is 0 Å². The molecule has 0 saturated carbocycles. The Labute approximate surface area is 206 Å². The van der Waals surface area contributed by atoms with E-state index in [1.807, 2.05) is 25.1 Å². The number of benzene rings is 3. The van der Waals surface area contributed by atoms with Crippen molar-refractivity contribution in [2.75, 3.05) is 13.1 Å². The highest BCUT2D eigenvalue weighted by Gasteiger charge is 2.28. The predicted molar refractivity (Wildman–Crippen MR) is 140 cm³/mol. The van der Waals surface area contributed by atoms with Gasteiger partial charge in [-0.1, -0.05) is 60.1 Å². The number of hydrogen-bond donors (Lipinski definition) is 0. The normalized spacial score (nSPS) is 15.0. The average molecular weight is 491 g/mol. The third-order valence-corrected chi connectivity index (χ3v) is 8.72. The van der Waals surface area contributed by atoms with Crippen LogP contribution in [0.1, 0.15) is 28.8 Å². The van der Waals surface area contributed by atoms with Crippen LogP contribution < -0.4 is 0 Å². The molecule has 0 atom stereocenters. The van der Waals surface area contributed by atoms with Gasteiger partial charge in [0.25, 0.3) is 0 Å². The summed E-state index contributed by atoms with van der Waals surface area (Å²) in [7, 11) is -3.51. The van der Waals surface area contributed by atoms with Crippen LogP contribution >= 0.6 is 11.6 Å². The van der Waals surface area contributed by atoms with Crippen molar-refractivity contribution >= 4 is 38.1 Å². The molecule has 174 valence electrons. The second-order valence-electron chi connectivity index (χ2n) is 8.85. The summed E-state index contributed by atoms with van der Waals surface area (Å²) in [4.78, 5) is 0.361. The Kier molecular flexibility index (Phi) is 6.11. The number of rotatable bonds is 5. The van der Waals surface area contributed by atoms with Crippen LogP contribution in [0.2, 0.25) is 5.02 Å². The zero-order valence-corrected chi connectivity index (χ0v) is 20.9. The van der Waals surface area contributed by atoms with Gasteiger partial charge >= 0.3 is 0 Å². The largest absolute Gasteiger partial charge is 0.340 e. The van der Waals surface area contributed by atoms with Gasteiger partial charge in [-0.3, -0.25) is 0 Å². The van der Waals surface area contributed by atoms with Gasteiger partial charge in [0, 0.05) is 46.8 Å². The third-order valence-electron chi connectivity index (χ3n) is 6.61. The molecule has 0 N–H and O–H groups in total. The standard InChI is InChI=1S/C28H27ClN2O2S/c1-20-6-5-7-25(18-20)34(32,33)30-16-14-23(15-17-30)28-21(2)31(27-9-4-3-8-26(27)28)19-22-10-12-24(29)13-11-22/h3-14,18H,15-17,19H2,1-2H3. The lowest BCUT2D eigenvalue weighted by Gasteiger charge is -2.26. The number of hydrogen-bond acceptors (Lipinski definition) is 2. The molecule has 0 aliphatic carbocycles. The first-order chi connectivity index (χ1) is 16.3. The summed E-state index contributed by atoms with van der Waals surface area (Å²) in [6.45, 7) is 5.67. The predicted octanol–water partition coefficient (Wildman–Crippen LogP) is 6.44. The Bertz CT molecular complexity index is 1500. The summed E-state index contributed by atoms with van der Waals surface area (Å²) in [6.07, 6.45) is 2.76. The van der Waals surface area contributed by atoms with Gasteiger partial charge in [-0.25, -0.2) is 8.42 Å². The minimum Gasteiger partial charge on any atom is -0.340 e. The van der Waals surface area contributed by atoms with Crippen LogP contribution in [0.25, 0.3) is 16.5 Å². The molecule has 0 radical (unpaired) electrons. The zero-order valence-electron chi connectivity index (χ0n) is 19.3. The molecule has 1 aliphatic rings. The maximum atomic E-state index is 13.2. The second-order valence-corrected chi connectivity index (χ2v) is 11.2. The van der Waals surface area contributed by atoms with Crippen molar-refractivity contribution in [2.24, 2.45) is 0 Å². The average Bonchev–Trinajstić information content (AvgIpc) is 3.12. The Morgan fingerprint density at radius 2 is 1.71 bits per heavy atom. The highest BCUT2D eigenvalue weighted by atomic mass is 35.5. The summed E-state index contributed by atoms with van der Waals surface area (Å²) in [5.41, 5.74) is 6.93. The van der Waals surface area contributed by atoms with Gasteiger partial charge in [-0.2, -0.15) is 4.31 Å². The van der Waals surface area contributed by atoms with Crippen LogP contribution in [0.4, 0.5) is 0 Å². The van der Waals surface area contributed by atoms with Crippen molar-refractivity contribution in [1.29, 1.82) is 0 Å². The second kappa shape index (κ2) is 9.06. The number of nitrogens with zero attached hydrogens (tertiary/aromatic N) is 2. The van der Waals surface area contributed by atoms with Crippen molar-refractivity contribution in [3.8, 4) is 0 Å². The van der Waals surface area contributed by atoms with Gasteiger partial charge in [-0.05, 0) is 67.3 Å². The van der Waals surface area contributed by atoms with E-state index in [2.05, 4.69) is 54.0 Å². The first kappa shape index (κ1) is 22.9. The van der Waals surface area contributed by atoms with Gasteiger partial charge < -0.3 is 4.57 Å². The molecule has 0 fully saturated rings. The van der Waals surface area contributed by atoms with Crippen LogP contribution in [0.15, 0.2) is 83.8 Å². The van der Waals surface area contributed by atoms with Crippen LogP contribution in [-0.2, 0) is 16.6 Å². The van der Waals surface area contributed by atoms with Crippen molar-refractivity contribution in [3.05, 3.63) is 106 Å². The van der Waals surface area contributed by atoms with E-state index in [1.165, 1.54) is 33.3 Å². The Morgan fingerprint density at radius 3 is 2.41 bits per heavy atom. The van der Waals surface area contributed by atoms with E-state index in [9.17, 15) is 8.42 Å². The maximum absolute atomic E-state index is 13.2. The number of aryl methyl sites for hydroxylation is 1. The molecular formula is C28H27ClN2O2S. The molecule has 0 amide bonds. The van der Waals surface area contributed by atoms with E-state index in [-0.39, 0.29) is 0 Å². The van der Waals surface area contributed by atoms with Gasteiger partial charge in [0.05, 0.1) is 4.90 Å². The lowest BCUT2D eigenvalue weighted by Crippen LogP contribution is -2.34. The Balaban J connectivity index is 1.49. The lowest BCUT2D eigenvalue weighted by molar-refractivity contribution is 0.441. The van der Waals surface area contributed by atoms with Crippen LogP contribution in [0.3, 0.4) is 0 Å². The summed E-state index contributed by atoms with van der Waals surface area (Å²) in [5, 5.41) is 1.94. The number of sulfonamides is 1. The molecule has 2 heterocycles. The van der Waals surface area contributed by atoms with E-state index in [4.69, 9.17) is 11.6 Å². The van der Waals surface area contributed by atoms with Crippen LogP contribution in [-0.4, -0.2) is 30.4 Å². The van der Waals surface area contributed by atoms with Crippen molar-refractivity contribution < 1.29 is 8.42 Å². The van der Waals surface area contributed by atoms with Gasteiger partial charge in [0.2, 0.25) is 10.0 Å². The van der Waals surface area contributed by atoms with E-state index in [0.29, 0.717) is 24.4 Å². The van der Waals surface area contributed by atoms with Crippen molar-refractivity contribution in [3.63, 3.8) is 0 Å². The minimum absolute atomic E-state index is 0.361. The SMILES string of the molecule is Cc1cccc(S(=O)(=O)N2CC=C(c3c(C)n(Cc4ccc(Cl)cc4)c4ccccc34)CC2)c1. The molecule has 0 bridgehead atoms. The Morgan fingerprint density at radius 1 is 0.941 bits per heavy atom. The molecule has 1 aliphatic heterocycles. The number of aromatic nitrogens is 1. The Hall–Kier alpha value is -2.86. The van der Waals surface area contributed by atoms with Crippen molar-refractivity contribution in [2.45, 2.75) is 31.7 Å². The highest BCUT2D eigenvalue weighted by molar-refractivity contribution is 7.89. The maximum Gasteiger partial charge on any atom is 0.243 e. The third kappa shape index (κ3) is 4.20. The molecule has 3 aromatic carbocycles. The molecule has 0 saturated heterocycles. The first-order valence-corrected chi connectivity index (χ1v) is 13.2. The molecule has 4 aromatic rings. The number of fused-ring (bicyclic) bond motifs is 1. The van der Waals surface area contributed by atoms with Gasteiger partial charge in [-0.15, -0.1) is 0 Å². The molecule has 4 nitrogen and oxygen atoms in total. The van der Waals surface area contributed by atoms with Crippen LogP contribution in [0, 0.1) is 13.8 Å². The monoisotopic (exact) mass is 490 g/mol.